The van der Waals surface area contributed by atoms with E-state index >= 15 is 0 Å². The highest BCUT2D eigenvalue weighted by Gasteiger charge is 2.14. The minimum Gasteiger partial charge on any atom is -0.370 e. The van der Waals surface area contributed by atoms with E-state index in [4.69, 9.17) is 4.98 Å². The molecule has 5 nitrogen and oxygen atoms in total. The Morgan fingerprint density at radius 1 is 1.30 bits per heavy atom. The lowest BCUT2D eigenvalue weighted by molar-refractivity contribution is 0.749. The molecule has 0 unspecified atom stereocenters. The standard InChI is InChI=1S/C14H17N5S/c1-4-16-13-12-9(2)10(3)20-14(12)18-11(17-13)7-19-6-5-15-8-19/h5-6,8H,4,7H2,1-3H3,(H,16,17,18). The van der Waals surface area contributed by atoms with Crippen LogP contribution in [0.25, 0.3) is 10.2 Å². The second kappa shape index (κ2) is 5.20. The molecule has 0 fully saturated rings. The summed E-state index contributed by atoms with van der Waals surface area (Å²) in [6.45, 7) is 7.84. The zero-order valence-corrected chi connectivity index (χ0v) is 12.7. The third-order valence-corrected chi connectivity index (χ3v) is 4.40. The van der Waals surface area contributed by atoms with Gasteiger partial charge in [0.15, 0.2) is 5.82 Å². The van der Waals surface area contributed by atoms with Crippen LogP contribution < -0.4 is 5.32 Å². The van der Waals surface area contributed by atoms with Crippen LogP contribution in [0, 0.1) is 13.8 Å². The number of thiophene rings is 1. The Kier molecular flexibility index (Phi) is 3.40. The molecule has 0 aliphatic heterocycles. The normalized spacial score (nSPS) is 11.2. The van der Waals surface area contributed by atoms with Crippen LogP contribution in [0.2, 0.25) is 0 Å². The first-order valence-electron chi connectivity index (χ1n) is 6.65. The second-order valence-electron chi connectivity index (χ2n) is 4.72. The molecule has 3 rings (SSSR count). The molecule has 0 aliphatic carbocycles. The van der Waals surface area contributed by atoms with Crippen molar-refractivity contribution in [2.45, 2.75) is 27.3 Å². The molecule has 1 N–H and O–H groups in total. The molecule has 0 bridgehead atoms. The zero-order chi connectivity index (χ0) is 14.1. The van der Waals surface area contributed by atoms with Crippen molar-refractivity contribution in [3.63, 3.8) is 0 Å². The average molecular weight is 287 g/mol. The van der Waals surface area contributed by atoms with Crippen molar-refractivity contribution >= 4 is 27.4 Å². The summed E-state index contributed by atoms with van der Waals surface area (Å²) < 4.78 is 1.98. The number of nitrogens with zero attached hydrogens (tertiary/aromatic N) is 4. The van der Waals surface area contributed by atoms with Crippen molar-refractivity contribution in [3.8, 4) is 0 Å². The molecule has 0 aliphatic rings. The molecule has 3 aromatic rings. The van der Waals surface area contributed by atoms with Gasteiger partial charge in [0.25, 0.3) is 0 Å². The highest BCUT2D eigenvalue weighted by molar-refractivity contribution is 7.18. The molecular weight excluding hydrogens is 270 g/mol. The van der Waals surface area contributed by atoms with Crippen LogP contribution in [-0.4, -0.2) is 26.1 Å². The minimum absolute atomic E-state index is 0.643. The van der Waals surface area contributed by atoms with Crippen molar-refractivity contribution in [2.24, 2.45) is 0 Å². The fraction of sp³-hybridized carbons (Fsp3) is 0.357. The third kappa shape index (κ3) is 2.27. The summed E-state index contributed by atoms with van der Waals surface area (Å²) in [6, 6.07) is 0. The Bertz CT molecular complexity index is 730. The topological polar surface area (TPSA) is 55.6 Å². The van der Waals surface area contributed by atoms with Crippen molar-refractivity contribution in [3.05, 3.63) is 35.0 Å². The molecule has 104 valence electrons. The molecule has 0 saturated carbocycles. The molecule has 0 atom stereocenters. The van der Waals surface area contributed by atoms with Gasteiger partial charge in [0, 0.05) is 23.8 Å². The molecule has 0 saturated heterocycles. The Balaban J connectivity index is 2.10. The average Bonchev–Trinajstić information content (AvgIpc) is 3.00. The number of hydrogen-bond acceptors (Lipinski definition) is 5. The predicted octanol–water partition coefficient (Wildman–Crippen LogP) is 2.98. The summed E-state index contributed by atoms with van der Waals surface area (Å²) >= 11 is 1.73. The van der Waals surface area contributed by atoms with Crippen molar-refractivity contribution in [1.82, 2.24) is 19.5 Å². The van der Waals surface area contributed by atoms with Gasteiger partial charge in [-0.1, -0.05) is 0 Å². The van der Waals surface area contributed by atoms with Crippen LogP contribution in [0.1, 0.15) is 23.2 Å². The number of hydrogen-bond donors (Lipinski definition) is 1. The fourth-order valence-corrected chi connectivity index (χ4v) is 3.25. The highest BCUT2D eigenvalue weighted by atomic mass is 32.1. The van der Waals surface area contributed by atoms with E-state index in [0.717, 1.165) is 28.4 Å². The molecule has 3 heterocycles. The van der Waals surface area contributed by atoms with Crippen LogP contribution in [-0.2, 0) is 6.54 Å². The van der Waals surface area contributed by atoms with E-state index in [2.05, 4.69) is 36.1 Å². The van der Waals surface area contributed by atoms with Gasteiger partial charge in [0.1, 0.15) is 10.6 Å². The summed E-state index contributed by atoms with van der Waals surface area (Å²) in [5.41, 5.74) is 1.27. The molecule has 0 aromatic carbocycles. The highest BCUT2D eigenvalue weighted by Crippen LogP contribution is 2.33. The van der Waals surface area contributed by atoms with Crippen molar-refractivity contribution in [1.29, 1.82) is 0 Å². The number of rotatable bonds is 4. The SMILES string of the molecule is CCNc1nc(Cn2ccnc2)nc2sc(C)c(C)c12. The Labute approximate surface area is 121 Å². The quantitative estimate of drug-likeness (QED) is 0.801. The van der Waals surface area contributed by atoms with Gasteiger partial charge in [-0.25, -0.2) is 15.0 Å². The Hall–Kier alpha value is -1.95. The van der Waals surface area contributed by atoms with Crippen LogP contribution >= 0.6 is 11.3 Å². The first-order valence-corrected chi connectivity index (χ1v) is 7.47. The number of aromatic nitrogens is 4. The summed E-state index contributed by atoms with van der Waals surface area (Å²) in [6.07, 6.45) is 5.47. The maximum absolute atomic E-state index is 4.69. The smallest absolute Gasteiger partial charge is 0.152 e. The van der Waals surface area contributed by atoms with E-state index in [9.17, 15) is 0 Å². The van der Waals surface area contributed by atoms with Gasteiger partial charge in [-0.3, -0.25) is 0 Å². The van der Waals surface area contributed by atoms with Gasteiger partial charge < -0.3 is 9.88 Å². The number of anilines is 1. The molecule has 0 spiro atoms. The monoisotopic (exact) mass is 287 g/mol. The van der Waals surface area contributed by atoms with E-state index in [1.807, 2.05) is 10.8 Å². The molecule has 20 heavy (non-hydrogen) atoms. The largest absolute Gasteiger partial charge is 0.370 e. The van der Waals surface area contributed by atoms with Crippen LogP contribution in [0.15, 0.2) is 18.7 Å². The summed E-state index contributed by atoms with van der Waals surface area (Å²) in [4.78, 5) is 15.8. The Morgan fingerprint density at radius 2 is 2.15 bits per heavy atom. The molecular formula is C14H17N5S. The van der Waals surface area contributed by atoms with Crippen LogP contribution in [0.3, 0.4) is 0 Å². The van der Waals surface area contributed by atoms with E-state index in [1.54, 1.807) is 23.9 Å². The van der Waals surface area contributed by atoms with Crippen molar-refractivity contribution < 1.29 is 0 Å². The summed E-state index contributed by atoms with van der Waals surface area (Å²) in [5.74, 6) is 1.75. The third-order valence-electron chi connectivity index (χ3n) is 3.30. The second-order valence-corrected chi connectivity index (χ2v) is 5.92. The maximum atomic E-state index is 4.69. The maximum Gasteiger partial charge on any atom is 0.152 e. The van der Waals surface area contributed by atoms with Gasteiger partial charge in [-0.2, -0.15) is 0 Å². The van der Waals surface area contributed by atoms with Gasteiger partial charge >= 0.3 is 0 Å². The molecule has 0 radical (unpaired) electrons. The van der Waals surface area contributed by atoms with E-state index < -0.39 is 0 Å². The zero-order valence-electron chi connectivity index (χ0n) is 11.8. The Morgan fingerprint density at radius 3 is 2.85 bits per heavy atom. The van der Waals surface area contributed by atoms with Gasteiger partial charge in [0.05, 0.1) is 18.3 Å². The number of nitrogens with one attached hydrogen (secondary N) is 1. The number of fused-ring (bicyclic) bond motifs is 1. The molecule has 3 aromatic heterocycles. The van der Waals surface area contributed by atoms with E-state index in [-0.39, 0.29) is 0 Å². The fourth-order valence-electron chi connectivity index (χ4n) is 2.20. The first-order chi connectivity index (χ1) is 9.69. The van der Waals surface area contributed by atoms with Gasteiger partial charge in [0.2, 0.25) is 0 Å². The molecule has 6 heteroatoms. The van der Waals surface area contributed by atoms with E-state index in [0.29, 0.717) is 6.54 Å². The predicted molar refractivity (Wildman–Crippen MR) is 82.4 cm³/mol. The van der Waals surface area contributed by atoms with Crippen LogP contribution in [0.4, 0.5) is 5.82 Å². The lowest BCUT2D eigenvalue weighted by Gasteiger charge is -2.08. The van der Waals surface area contributed by atoms with Gasteiger partial charge in [-0.05, 0) is 26.3 Å². The lowest BCUT2D eigenvalue weighted by Crippen LogP contribution is -2.07. The summed E-state index contributed by atoms with van der Waals surface area (Å²) in [7, 11) is 0. The van der Waals surface area contributed by atoms with Crippen molar-refractivity contribution in [2.75, 3.05) is 11.9 Å². The summed E-state index contributed by atoms with van der Waals surface area (Å²) in [5, 5.41) is 4.51. The lowest BCUT2D eigenvalue weighted by atomic mass is 10.2. The molecule has 0 amide bonds. The number of imidazole rings is 1. The van der Waals surface area contributed by atoms with E-state index in [1.165, 1.54) is 10.4 Å². The van der Waals surface area contributed by atoms with Crippen LogP contribution in [0.5, 0.6) is 0 Å². The minimum atomic E-state index is 0.643. The number of aryl methyl sites for hydroxylation is 2. The van der Waals surface area contributed by atoms with Gasteiger partial charge in [-0.15, -0.1) is 11.3 Å². The first kappa shape index (κ1) is 13.1.